The number of nitrogens with two attached hydrogens (primary N) is 1. The van der Waals surface area contributed by atoms with E-state index in [-0.39, 0.29) is 28.8 Å². The van der Waals surface area contributed by atoms with Gasteiger partial charge in [0.25, 0.3) is 0 Å². The summed E-state index contributed by atoms with van der Waals surface area (Å²) in [6, 6.07) is 16.5. The summed E-state index contributed by atoms with van der Waals surface area (Å²) in [5.41, 5.74) is 9.48. The lowest BCUT2D eigenvalue weighted by Gasteiger charge is -2.38. The number of hydrogen-bond donors (Lipinski definition) is 2. The Bertz CT molecular complexity index is 1540. The maximum Gasteiger partial charge on any atom is 0.234 e. The van der Waals surface area contributed by atoms with Crippen LogP contribution in [0.15, 0.2) is 75.5 Å². The Morgan fingerprint density at radius 3 is 2.74 bits per heavy atom. The third kappa shape index (κ3) is 5.36. The molecule has 2 aliphatic rings. The molecular formula is C27H23ClN6O3S2. The maximum atomic E-state index is 13.3. The van der Waals surface area contributed by atoms with Gasteiger partial charge in [0, 0.05) is 17.7 Å². The average Bonchev–Trinajstić information content (AvgIpc) is 3.41. The van der Waals surface area contributed by atoms with Crippen LogP contribution in [0.25, 0.3) is 0 Å². The second-order valence-electron chi connectivity index (χ2n) is 8.76. The topological polar surface area (TPSA) is 134 Å². The molecule has 0 spiro atoms. The summed E-state index contributed by atoms with van der Waals surface area (Å²) < 4.78 is 5.82. The van der Waals surface area contributed by atoms with Gasteiger partial charge in [0.15, 0.2) is 10.1 Å². The third-order valence-electron chi connectivity index (χ3n) is 6.42. The third-order valence-corrected chi connectivity index (χ3v) is 8.80. The molecule has 3 N–H and O–H groups in total. The Kier molecular flexibility index (Phi) is 7.88. The summed E-state index contributed by atoms with van der Waals surface area (Å²) in [4.78, 5) is 27.4. The lowest BCUT2D eigenvalue weighted by Crippen LogP contribution is -2.38. The zero-order valence-corrected chi connectivity index (χ0v) is 23.2. The predicted octanol–water partition coefficient (Wildman–Crippen LogP) is 5.24. The summed E-state index contributed by atoms with van der Waals surface area (Å²) in [7, 11) is 1.58. The lowest BCUT2D eigenvalue weighted by molar-refractivity contribution is -0.116. The molecule has 0 bridgehead atoms. The number of nitrogens with zero attached hydrogens (tertiary/aromatic N) is 4. The molecule has 5 rings (SSSR count). The molecule has 3 aromatic rings. The number of ether oxygens (including phenoxy) is 1. The van der Waals surface area contributed by atoms with Gasteiger partial charge in [0.05, 0.1) is 41.1 Å². The molecule has 1 aliphatic carbocycles. The first-order valence-electron chi connectivity index (χ1n) is 12.0. The van der Waals surface area contributed by atoms with Crippen LogP contribution in [0.5, 0.6) is 5.75 Å². The number of allylic oxidation sites excluding steroid dienone is 3. The van der Waals surface area contributed by atoms with Crippen molar-refractivity contribution in [1.82, 2.24) is 10.2 Å². The quantitative estimate of drug-likeness (QED) is 0.361. The van der Waals surface area contributed by atoms with E-state index in [1.807, 2.05) is 12.1 Å². The van der Waals surface area contributed by atoms with Crippen LogP contribution >= 0.6 is 34.7 Å². The molecule has 0 radical (unpaired) electrons. The first-order chi connectivity index (χ1) is 18.9. The number of rotatable bonds is 7. The SMILES string of the molecule is COc1ccc(C2C(C#N)=C(N)N(c3nnc(SCC(=O)Nc4ccccc4Cl)s3)C3=C2C(=O)CCC3)cc1. The van der Waals surface area contributed by atoms with Crippen molar-refractivity contribution in [2.45, 2.75) is 29.5 Å². The number of halogens is 1. The molecular weight excluding hydrogens is 556 g/mol. The Hall–Kier alpha value is -3.85. The number of Topliss-reactive ketones (excluding diaryl/α,β-unsaturated/α-hetero) is 1. The molecule has 0 saturated carbocycles. The summed E-state index contributed by atoms with van der Waals surface area (Å²) in [6.07, 6.45) is 1.67. The van der Waals surface area contributed by atoms with E-state index in [2.05, 4.69) is 21.6 Å². The molecule has 2 aromatic carbocycles. The number of amides is 1. The Labute approximate surface area is 238 Å². The van der Waals surface area contributed by atoms with E-state index in [1.54, 1.807) is 48.4 Å². The number of anilines is 2. The van der Waals surface area contributed by atoms with E-state index >= 15 is 0 Å². The molecule has 1 unspecified atom stereocenters. The number of nitrogens with one attached hydrogen (secondary N) is 1. The number of thioether (sulfide) groups is 1. The highest BCUT2D eigenvalue weighted by Gasteiger charge is 2.41. The van der Waals surface area contributed by atoms with Crippen molar-refractivity contribution in [2.75, 3.05) is 23.1 Å². The molecule has 198 valence electrons. The fraction of sp³-hybridized carbons (Fsp3) is 0.222. The highest BCUT2D eigenvalue weighted by Crippen LogP contribution is 2.47. The van der Waals surface area contributed by atoms with Crippen molar-refractivity contribution < 1.29 is 14.3 Å². The highest BCUT2D eigenvalue weighted by atomic mass is 35.5. The largest absolute Gasteiger partial charge is 0.497 e. The van der Waals surface area contributed by atoms with Crippen LogP contribution in [0.1, 0.15) is 30.7 Å². The molecule has 12 heteroatoms. The molecule has 1 atom stereocenters. The number of benzene rings is 2. The number of nitriles is 1. The van der Waals surface area contributed by atoms with Crippen molar-refractivity contribution in [3.63, 3.8) is 0 Å². The van der Waals surface area contributed by atoms with Gasteiger partial charge < -0.3 is 15.8 Å². The molecule has 2 heterocycles. The summed E-state index contributed by atoms with van der Waals surface area (Å²) in [5, 5.41) is 22.4. The van der Waals surface area contributed by atoms with Gasteiger partial charge >= 0.3 is 0 Å². The second-order valence-corrected chi connectivity index (χ2v) is 11.3. The number of ketones is 1. The number of aromatic nitrogens is 2. The molecule has 39 heavy (non-hydrogen) atoms. The predicted molar refractivity (Wildman–Crippen MR) is 152 cm³/mol. The van der Waals surface area contributed by atoms with Gasteiger partial charge in [0.1, 0.15) is 11.6 Å². The molecule has 0 saturated heterocycles. The Morgan fingerprint density at radius 1 is 1.26 bits per heavy atom. The van der Waals surface area contributed by atoms with Gasteiger partial charge in [-0.2, -0.15) is 5.26 Å². The smallest absolute Gasteiger partial charge is 0.234 e. The number of carbonyl (C=O) groups excluding carboxylic acids is 2. The monoisotopic (exact) mass is 578 g/mol. The molecule has 0 fully saturated rings. The van der Waals surface area contributed by atoms with Crippen LogP contribution in [0, 0.1) is 11.3 Å². The standard InChI is InChI=1S/C27H23ClN6O3S2/c1-37-16-11-9-15(10-12-16)23-17(13-29)25(30)34(20-7-4-8-21(35)24(20)23)26-32-33-27(39-26)38-14-22(36)31-19-6-3-2-5-18(19)28/h2-3,5-6,9-12,23H,4,7-8,14,30H2,1H3,(H,31,36). The van der Waals surface area contributed by atoms with E-state index in [0.717, 1.165) is 11.3 Å². The second kappa shape index (κ2) is 11.5. The zero-order chi connectivity index (χ0) is 27.5. The van der Waals surface area contributed by atoms with Gasteiger partial charge in [-0.15, -0.1) is 10.2 Å². The van der Waals surface area contributed by atoms with Crippen LogP contribution < -0.4 is 20.7 Å². The van der Waals surface area contributed by atoms with Gasteiger partial charge in [-0.25, -0.2) is 0 Å². The van der Waals surface area contributed by atoms with Crippen LogP contribution in [0.2, 0.25) is 5.02 Å². The number of carbonyl (C=O) groups is 2. The van der Waals surface area contributed by atoms with Gasteiger partial charge in [-0.1, -0.05) is 59.0 Å². The van der Waals surface area contributed by atoms with Crippen molar-refractivity contribution >= 4 is 57.2 Å². The molecule has 1 amide bonds. The number of para-hydroxylation sites is 1. The Balaban J connectivity index is 1.42. The summed E-state index contributed by atoms with van der Waals surface area (Å²) in [6.45, 7) is 0. The van der Waals surface area contributed by atoms with Crippen LogP contribution in [-0.4, -0.2) is 34.8 Å². The minimum absolute atomic E-state index is 0.0160. The van der Waals surface area contributed by atoms with E-state index in [1.165, 1.54) is 23.1 Å². The maximum absolute atomic E-state index is 13.3. The van der Waals surface area contributed by atoms with Crippen molar-refractivity contribution in [2.24, 2.45) is 5.73 Å². The first kappa shape index (κ1) is 26.7. The molecule has 1 aliphatic heterocycles. The number of hydrogen-bond acceptors (Lipinski definition) is 10. The summed E-state index contributed by atoms with van der Waals surface area (Å²) >= 11 is 8.59. The fourth-order valence-corrected chi connectivity index (χ4v) is 6.53. The van der Waals surface area contributed by atoms with Gasteiger partial charge in [0.2, 0.25) is 11.0 Å². The van der Waals surface area contributed by atoms with Crippen molar-refractivity contribution in [3.05, 3.63) is 81.8 Å². The minimum Gasteiger partial charge on any atom is -0.497 e. The minimum atomic E-state index is -0.574. The highest BCUT2D eigenvalue weighted by molar-refractivity contribution is 8.01. The van der Waals surface area contributed by atoms with Crippen LogP contribution in [0.3, 0.4) is 0 Å². The average molecular weight is 579 g/mol. The van der Waals surface area contributed by atoms with E-state index in [9.17, 15) is 14.9 Å². The van der Waals surface area contributed by atoms with Gasteiger partial charge in [-0.3, -0.25) is 14.5 Å². The molecule has 1 aromatic heterocycles. The molecule has 9 nitrogen and oxygen atoms in total. The first-order valence-corrected chi connectivity index (χ1v) is 14.2. The zero-order valence-electron chi connectivity index (χ0n) is 20.8. The summed E-state index contributed by atoms with van der Waals surface area (Å²) in [5.74, 6) is 0.166. The van der Waals surface area contributed by atoms with Gasteiger partial charge in [-0.05, 0) is 42.7 Å². The van der Waals surface area contributed by atoms with Crippen LogP contribution in [0.4, 0.5) is 10.8 Å². The van der Waals surface area contributed by atoms with Crippen molar-refractivity contribution in [3.8, 4) is 11.8 Å². The lowest BCUT2D eigenvalue weighted by atomic mass is 9.76. The fourth-order valence-electron chi connectivity index (χ4n) is 4.66. The Morgan fingerprint density at radius 2 is 2.03 bits per heavy atom. The normalized spacial score (nSPS) is 17.1. The number of methoxy groups -OCH3 is 1. The van der Waals surface area contributed by atoms with E-state index < -0.39 is 5.92 Å². The van der Waals surface area contributed by atoms with Crippen LogP contribution in [-0.2, 0) is 9.59 Å². The van der Waals surface area contributed by atoms with E-state index in [4.69, 9.17) is 22.1 Å². The van der Waals surface area contributed by atoms with E-state index in [0.29, 0.717) is 50.8 Å². The van der Waals surface area contributed by atoms with Crippen molar-refractivity contribution in [1.29, 1.82) is 5.26 Å².